The summed E-state index contributed by atoms with van der Waals surface area (Å²) in [6.45, 7) is 1.94. The van der Waals surface area contributed by atoms with Crippen molar-refractivity contribution in [3.8, 4) is 0 Å². The van der Waals surface area contributed by atoms with Crippen molar-refractivity contribution < 1.29 is 13.2 Å². The Kier molecular flexibility index (Phi) is 3.02. The minimum Gasteiger partial charge on any atom is -0.287 e. The van der Waals surface area contributed by atoms with E-state index in [-0.39, 0.29) is 16.4 Å². The lowest BCUT2D eigenvalue weighted by Gasteiger charge is -2.20. The molecule has 6 heteroatoms. The summed E-state index contributed by atoms with van der Waals surface area (Å²) < 4.78 is 27.5. The van der Waals surface area contributed by atoms with Gasteiger partial charge in [-0.25, -0.2) is 8.42 Å². The van der Waals surface area contributed by atoms with E-state index in [0.29, 0.717) is 22.4 Å². The molecule has 24 heavy (non-hydrogen) atoms. The van der Waals surface area contributed by atoms with E-state index in [4.69, 9.17) is 0 Å². The summed E-state index contributed by atoms with van der Waals surface area (Å²) in [6.07, 6.45) is 0. The van der Waals surface area contributed by atoms with Crippen molar-refractivity contribution in [2.75, 3.05) is 7.05 Å². The van der Waals surface area contributed by atoms with Gasteiger partial charge in [-0.1, -0.05) is 42.0 Å². The molecule has 0 saturated heterocycles. The minimum absolute atomic E-state index is 0.142. The van der Waals surface area contributed by atoms with Gasteiger partial charge in [0.2, 0.25) is 5.78 Å². The predicted molar refractivity (Wildman–Crippen MR) is 92.4 cm³/mol. The largest absolute Gasteiger partial charge is 0.287 e. The van der Waals surface area contributed by atoms with Crippen LogP contribution in [-0.2, 0) is 10.0 Å². The van der Waals surface area contributed by atoms with Gasteiger partial charge in [-0.2, -0.15) is 0 Å². The van der Waals surface area contributed by atoms with Gasteiger partial charge in [0.05, 0.1) is 10.6 Å². The number of hydrogen-bond donors (Lipinski definition) is 1. The number of aryl methyl sites for hydroxylation is 1. The SMILES string of the molecule is CN=C1C(=O)c2cccc3c2C(=C1c1cccc(C)c1)NS3(=O)=O. The van der Waals surface area contributed by atoms with E-state index in [9.17, 15) is 13.2 Å². The first kappa shape index (κ1) is 14.8. The second-order valence-electron chi connectivity index (χ2n) is 5.81. The summed E-state index contributed by atoms with van der Waals surface area (Å²) in [5.41, 5.74) is 3.84. The number of benzene rings is 2. The van der Waals surface area contributed by atoms with Crippen molar-refractivity contribution in [1.82, 2.24) is 4.72 Å². The maximum atomic E-state index is 12.9. The first-order valence-corrected chi connectivity index (χ1v) is 8.92. The molecule has 0 amide bonds. The monoisotopic (exact) mass is 338 g/mol. The van der Waals surface area contributed by atoms with Gasteiger partial charge in [-0.05, 0) is 18.6 Å². The number of aliphatic imine (C=N–C) groups is 1. The third kappa shape index (κ3) is 1.89. The van der Waals surface area contributed by atoms with Crippen molar-refractivity contribution in [2.24, 2.45) is 4.99 Å². The van der Waals surface area contributed by atoms with Crippen LogP contribution in [0.1, 0.15) is 27.0 Å². The summed E-state index contributed by atoms with van der Waals surface area (Å²) in [5.74, 6) is -0.256. The summed E-state index contributed by atoms with van der Waals surface area (Å²) >= 11 is 0. The Labute approximate surface area is 139 Å². The highest BCUT2D eigenvalue weighted by Gasteiger charge is 2.41. The molecule has 2 aromatic carbocycles. The molecule has 0 unspecified atom stereocenters. The van der Waals surface area contributed by atoms with Crippen LogP contribution in [0, 0.1) is 6.92 Å². The average Bonchev–Trinajstić information content (AvgIpc) is 2.83. The third-order valence-electron chi connectivity index (χ3n) is 4.28. The second-order valence-corrected chi connectivity index (χ2v) is 7.46. The predicted octanol–water partition coefficient (Wildman–Crippen LogP) is 2.42. The highest BCUT2D eigenvalue weighted by Crippen LogP contribution is 2.42. The fraction of sp³-hybridized carbons (Fsp3) is 0.111. The maximum absolute atomic E-state index is 12.9. The van der Waals surface area contributed by atoms with Crippen molar-refractivity contribution in [1.29, 1.82) is 0 Å². The maximum Gasteiger partial charge on any atom is 0.262 e. The van der Waals surface area contributed by atoms with Crippen LogP contribution in [0.2, 0.25) is 0 Å². The third-order valence-corrected chi connectivity index (χ3v) is 5.67. The van der Waals surface area contributed by atoms with Gasteiger partial charge in [0.25, 0.3) is 10.0 Å². The molecule has 2 aliphatic rings. The number of rotatable bonds is 1. The number of allylic oxidation sites excluding steroid dienone is 1. The first-order chi connectivity index (χ1) is 11.4. The van der Waals surface area contributed by atoms with E-state index in [2.05, 4.69) is 9.71 Å². The smallest absolute Gasteiger partial charge is 0.262 e. The van der Waals surface area contributed by atoms with Gasteiger partial charge >= 0.3 is 0 Å². The van der Waals surface area contributed by atoms with E-state index in [1.165, 1.54) is 6.07 Å². The van der Waals surface area contributed by atoms with E-state index < -0.39 is 10.0 Å². The molecular weight excluding hydrogens is 324 g/mol. The number of carbonyl (C=O) groups is 1. The number of nitrogens with zero attached hydrogens (tertiary/aromatic N) is 1. The van der Waals surface area contributed by atoms with Crippen molar-refractivity contribution in [2.45, 2.75) is 11.8 Å². The van der Waals surface area contributed by atoms with Gasteiger partial charge in [-0.15, -0.1) is 0 Å². The summed E-state index contributed by atoms with van der Waals surface area (Å²) in [5, 5.41) is 0. The molecule has 0 bridgehead atoms. The van der Waals surface area contributed by atoms with Crippen LogP contribution in [0.5, 0.6) is 0 Å². The molecule has 5 nitrogen and oxygen atoms in total. The van der Waals surface area contributed by atoms with E-state index >= 15 is 0 Å². The number of carbonyl (C=O) groups excluding carboxylic acids is 1. The van der Waals surface area contributed by atoms with Crippen LogP contribution >= 0.6 is 0 Å². The van der Waals surface area contributed by atoms with Crippen LogP contribution in [0.25, 0.3) is 11.3 Å². The fourth-order valence-corrected chi connectivity index (χ4v) is 4.59. The topological polar surface area (TPSA) is 75.6 Å². The fourth-order valence-electron chi connectivity index (χ4n) is 3.27. The first-order valence-electron chi connectivity index (χ1n) is 7.43. The Morgan fingerprint density at radius 1 is 1.08 bits per heavy atom. The molecule has 1 aliphatic heterocycles. The molecule has 0 atom stereocenters. The Balaban J connectivity index is 2.16. The second kappa shape index (κ2) is 4.88. The molecule has 1 N–H and O–H groups in total. The Morgan fingerprint density at radius 2 is 1.83 bits per heavy atom. The molecule has 0 fully saturated rings. The van der Waals surface area contributed by atoms with Crippen LogP contribution in [0.3, 0.4) is 0 Å². The Hall–Kier alpha value is -2.73. The normalized spacial score (nSPS) is 19.4. The molecule has 0 aromatic heterocycles. The van der Waals surface area contributed by atoms with Crippen LogP contribution in [0.15, 0.2) is 52.4 Å². The van der Waals surface area contributed by atoms with E-state index in [0.717, 1.165) is 11.1 Å². The van der Waals surface area contributed by atoms with E-state index in [1.54, 1.807) is 19.2 Å². The van der Waals surface area contributed by atoms with Crippen LogP contribution < -0.4 is 4.72 Å². The van der Waals surface area contributed by atoms with E-state index in [1.807, 2.05) is 31.2 Å². The zero-order valence-corrected chi connectivity index (χ0v) is 13.9. The summed E-state index contributed by atoms with van der Waals surface area (Å²) in [6, 6.07) is 12.3. The highest BCUT2D eigenvalue weighted by atomic mass is 32.2. The minimum atomic E-state index is -3.67. The zero-order chi connectivity index (χ0) is 17.1. The molecule has 4 rings (SSSR count). The highest BCUT2D eigenvalue weighted by molar-refractivity contribution is 7.90. The average molecular weight is 338 g/mol. The molecular formula is C18H14N2O3S. The number of ketones is 1. The lowest BCUT2D eigenvalue weighted by Crippen LogP contribution is -2.25. The van der Waals surface area contributed by atoms with Gasteiger partial charge in [0, 0.05) is 23.7 Å². The van der Waals surface area contributed by atoms with Crippen molar-refractivity contribution in [3.63, 3.8) is 0 Å². The zero-order valence-electron chi connectivity index (χ0n) is 13.1. The quantitative estimate of drug-likeness (QED) is 0.867. The number of Topliss-reactive ketones (excluding diaryl/α,β-unsaturated/α-hetero) is 1. The lowest BCUT2D eigenvalue weighted by atomic mass is 9.83. The van der Waals surface area contributed by atoms with Crippen molar-refractivity contribution in [3.05, 3.63) is 64.7 Å². The lowest BCUT2D eigenvalue weighted by molar-refractivity contribution is 0.106. The standard InChI is InChI=1S/C18H14N2O3S/c1-10-5-3-6-11(9-10)14-16-15-12(18(21)17(14)19-2)7-4-8-13(15)24(22,23)20-16/h3-9,20H,1-2H3. The molecule has 2 aromatic rings. The number of nitrogens with one attached hydrogen (secondary N) is 1. The van der Waals surface area contributed by atoms with Gasteiger partial charge < -0.3 is 0 Å². The molecule has 1 aliphatic carbocycles. The Morgan fingerprint density at radius 3 is 2.54 bits per heavy atom. The summed E-state index contributed by atoms with van der Waals surface area (Å²) in [7, 11) is -2.13. The number of sulfonamides is 1. The number of hydrogen-bond acceptors (Lipinski definition) is 4. The van der Waals surface area contributed by atoms with Gasteiger partial charge in [-0.3, -0.25) is 14.5 Å². The van der Waals surface area contributed by atoms with Gasteiger partial charge in [0.15, 0.2) is 0 Å². The van der Waals surface area contributed by atoms with Crippen molar-refractivity contribution >= 4 is 32.8 Å². The molecule has 0 saturated carbocycles. The van der Waals surface area contributed by atoms with Crippen LogP contribution in [0.4, 0.5) is 0 Å². The Bertz CT molecular complexity index is 1080. The molecule has 0 spiro atoms. The molecule has 120 valence electrons. The van der Waals surface area contributed by atoms with Gasteiger partial charge in [0.1, 0.15) is 5.71 Å². The molecule has 0 radical (unpaired) electrons. The molecule has 1 heterocycles. The van der Waals surface area contributed by atoms with Crippen LogP contribution in [-0.4, -0.2) is 27.0 Å². The summed E-state index contributed by atoms with van der Waals surface area (Å²) in [4.78, 5) is 17.2.